The number of halogens is 2. The van der Waals surface area contributed by atoms with E-state index in [0.717, 1.165) is 18.4 Å². The van der Waals surface area contributed by atoms with E-state index in [1.54, 1.807) is 19.9 Å². The van der Waals surface area contributed by atoms with Gasteiger partial charge >= 0.3 is 0 Å². The predicted octanol–water partition coefficient (Wildman–Crippen LogP) is 4.18. The first kappa shape index (κ1) is 19.5. The first-order valence-corrected chi connectivity index (χ1v) is 9.27. The van der Waals surface area contributed by atoms with Gasteiger partial charge in [0.05, 0.1) is 6.54 Å². The highest BCUT2D eigenvalue weighted by Crippen LogP contribution is 2.44. The summed E-state index contributed by atoms with van der Waals surface area (Å²) in [5.41, 5.74) is 0.817. The van der Waals surface area contributed by atoms with Crippen molar-refractivity contribution in [1.82, 2.24) is 5.32 Å². The van der Waals surface area contributed by atoms with Crippen molar-refractivity contribution in [3.8, 4) is 0 Å². The molecule has 2 unspecified atom stereocenters. The van der Waals surface area contributed by atoms with Crippen molar-refractivity contribution in [2.75, 3.05) is 6.54 Å². The van der Waals surface area contributed by atoms with Crippen LogP contribution in [0.5, 0.6) is 0 Å². The molecule has 5 heteroatoms. The third kappa shape index (κ3) is 4.92. The number of carbonyl (C=O) groups is 1. The molecule has 0 aromatic heterocycles. The van der Waals surface area contributed by atoms with Gasteiger partial charge in [0.25, 0.3) is 0 Å². The molecule has 27 heavy (non-hydrogen) atoms. The Labute approximate surface area is 158 Å². The van der Waals surface area contributed by atoms with Crippen LogP contribution in [-0.4, -0.2) is 17.6 Å². The Hall–Kier alpha value is -2.27. The zero-order chi connectivity index (χ0) is 19.6. The standard InChI is InChI=1S/C22H25F2NO2/c1-14-11-16(5-10-20(14)24)19(15-3-4-15)12-21(26)25-13-22(2,27)17-6-8-18(23)9-7-17/h5-11,15,19,27H,3-4,12-13H2,1-2H3,(H,25,26). The van der Waals surface area contributed by atoms with Crippen LogP contribution in [-0.2, 0) is 10.4 Å². The van der Waals surface area contributed by atoms with E-state index in [-0.39, 0.29) is 30.0 Å². The lowest BCUT2D eigenvalue weighted by atomic mass is 9.89. The largest absolute Gasteiger partial charge is 0.384 e. The number of aliphatic hydroxyl groups is 1. The van der Waals surface area contributed by atoms with E-state index >= 15 is 0 Å². The monoisotopic (exact) mass is 373 g/mol. The molecule has 1 amide bonds. The highest BCUT2D eigenvalue weighted by Gasteiger charge is 2.34. The summed E-state index contributed by atoms with van der Waals surface area (Å²) in [5.74, 6) is -0.275. The van der Waals surface area contributed by atoms with Gasteiger partial charge in [-0.15, -0.1) is 0 Å². The van der Waals surface area contributed by atoms with Crippen molar-refractivity contribution >= 4 is 5.91 Å². The number of benzene rings is 2. The van der Waals surface area contributed by atoms with Gasteiger partial charge in [-0.25, -0.2) is 8.78 Å². The Kier molecular flexibility index (Phi) is 5.61. The fraction of sp³-hybridized carbons (Fsp3) is 0.409. The molecule has 1 fully saturated rings. The number of aryl methyl sites for hydroxylation is 1. The van der Waals surface area contributed by atoms with E-state index in [0.29, 0.717) is 23.5 Å². The summed E-state index contributed by atoms with van der Waals surface area (Å²) in [6.07, 6.45) is 2.44. The lowest BCUT2D eigenvalue weighted by Gasteiger charge is -2.25. The summed E-state index contributed by atoms with van der Waals surface area (Å²) >= 11 is 0. The van der Waals surface area contributed by atoms with Crippen LogP contribution in [0.3, 0.4) is 0 Å². The van der Waals surface area contributed by atoms with Gasteiger partial charge in [0.15, 0.2) is 0 Å². The Morgan fingerprint density at radius 1 is 1.22 bits per heavy atom. The molecule has 3 nitrogen and oxygen atoms in total. The molecular formula is C22H25F2NO2. The number of amides is 1. The maximum Gasteiger partial charge on any atom is 0.220 e. The lowest BCUT2D eigenvalue weighted by molar-refractivity contribution is -0.122. The van der Waals surface area contributed by atoms with E-state index in [9.17, 15) is 18.7 Å². The average molecular weight is 373 g/mol. The molecule has 2 atom stereocenters. The fourth-order valence-corrected chi connectivity index (χ4v) is 3.41. The van der Waals surface area contributed by atoms with Crippen molar-refractivity contribution in [1.29, 1.82) is 0 Å². The van der Waals surface area contributed by atoms with E-state index in [1.165, 1.54) is 30.3 Å². The molecule has 1 aliphatic carbocycles. The second-order valence-corrected chi connectivity index (χ2v) is 7.71. The summed E-state index contributed by atoms with van der Waals surface area (Å²) in [6.45, 7) is 3.35. The van der Waals surface area contributed by atoms with Crippen LogP contribution in [0.4, 0.5) is 8.78 Å². The zero-order valence-electron chi connectivity index (χ0n) is 15.6. The quantitative estimate of drug-likeness (QED) is 0.765. The Balaban J connectivity index is 1.63. The minimum Gasteiger partial charge on any atom is -0.384 e. The first-order chi connectivity index (χ1) is 12.8. The van der Waals surface area contributed by atoms with Crippen molar-refractivity contribution in [2.45, 2.75) is 44.6 Å². The van der Waals surface area contributed by atoms with Crippen molar-refractivity contribution in [3.63, 3.8) is 0 Å². The van der Waals surface area contributed by atoms with E-state index in [2.05, 4.69) is 5.32 Å². The van der Waals surface area contributed by atoms with Crippen LogP contribution in [0.15, 0.2) is 42.5 Å². The Morgan fingerprint density at radius 2 is 1.89 bits per heavy atom. The lowest BCUT2D eigenvalue weighted by Crippen LogP contribution is -2.39. The highest BCUT2D eigenvalue weighted by molar-refractivity contribution is 5.77. The van der Waals surface area contributed by atoms with E-state index in [1.807, 2.05) is 6.07 Å². The summed E-state index contributed by atoms with van der Waals surface area (Å²) in [7, 11) is 0. The van der Waals surface area contributed by atoms with Crippen molar-refractivity contribution in [2.24, 2.45) is 5.92 Å². The molecule has 0 heterocycles. The molecule has 3 rings (SSSR count). The molecule has 0 bridgehead atoms. The third-order valence-corrected chi connectivity index (χ3v) is 5.30. The number of hydrogen-bond donors (Lipinski definition) is 2. The molecule has 0 radical (unpaired) electrons. The molecule has 2 aromatic rings. The van der Waals surface area contributed by atoms with Crippen LogP contribution in [0, 0.1) is 24.5 Å². The van der Waals surface area contributed by atoms with Crippen LogP contribution in [0.2, 0.25) is 0 Å². The van der Waals surface area contributed by atoms with Gasteiger partial charge in [-0.3, -0.25) is 4.79 Å². The molecule has 0 aliphatic heterocycles. The number of hydrogen-bond acceptors (Lipinski definition) is 2. The van der Waals surface area contributed by atoms with Gasteiger partial charge in [0.1, 0.15) is 17.2 Å². The van der Waals surface area contributed by atoms with Crippen LogP contribution in [0.25, 0.3) is 0 Å². The molecule has 144 valence electrons. The maximum atomic E-state index is 13.5. The second-order valence-electron chi connectivity index (χ2n) is 7.71. The van der Waals surface area contributed by atoms with Gasteiger partial charge in [0, 0.05) is 6.42 Å². The highest BCUT2D eigenvalue weighted by atomic mass is 19.1. The maximum absolute atomic E-state index is 13.5. The number of nitrogens with one attached hydrogen (secondary N) is 1. The summed E-state index contributed by atoms with van der Waals surface area (Å²) in [4.78, 5) is 12.5. The van der Waals surface area contributed by atoms with Gasteiger partial charge in [-0.2, -0.15) is 0 Å². The van der Waals surface area contributed by atoms with Gasteiger partial charge in [0.2, 0.25) is 5.91 Å². The van der Waals surface area contributed by atoms with E-state index in [4.69, 9.17) is 0 Å². The Morgan fingerprint density at radius 3 is 2.48 bits per heavy atom. The number of carbonyl (C=O) groups excluding carboxylic acids is 1. The summed E-state index contributed by atoms with van der Waals surface area (Å²) in [6, 6.07) is 10.6. The second kappa shape index (κ2) is 7.77. The fourth-order valence-electron chi connectivity index (χ4n) is 3.41. The minimum atomic E-state index is -1.29. The molecule has 2 N–H and O–H groups in total. The molecule has 0 spiro atoms. The number of rotatable bonds is 7. The first-order valence-electron chi connectivity index (χ1n) is 9.27. The normalized spacial score (nSPS) is 17.2. The molecule has 2 aromatic carbocycles. The van der Waals surface area contributed by atoms with Crippen LogP contribution in [0.1, 0.15) is 48.8 Å². The van der Waals surface area contributed by atoms with Gasteiger partial charge in [-0.1, -0.05) is 24.3 Å². The van der Waals surface area contributed by atoms with Crippen molar-refractivity contribution in [3.05, 3.63) is 70.8 Å². The van der Waals surface area contributed by atoms with E-state index < -0.39 is 5.60 Å². The minimum absolute atomic E-state index is 0.0390. The SMILES string of the molecule is Cc1cc(C(CC(=O)NCC(C)(O)c2ccc(F)cc2)C2CC2)ccc1F. The van der Waals surface area contributed by atoms with Crippen molar-refractivity contribution < 1.29 is 18.7 Å². The Bertz CT molecular complexity index is 814. The van der Waals surface area contributed by atoms with Gasteiger partial charge < -0.3 is 10.4 Å². The topological polar surface area (TPSA) is 49.3 Å². The zero-order valence-corrected chi connectivity index (χ0v) is 15.6. The van der Waals surface area contributed by atoms with Crippen LogP contribution >= 0.6 is 0 Å². The third-order valence-electron chi connectivity index (χ3n) is 5.30. The van der Waals surface area contributed by atoms with Crippen LogP contribution < -0.4 is 5.32 Å². The molecule has 1 saturated carbocycles. The smallest absolute Gasteiger partial charge is 0.220 e. The predicted molar refractivity (Wildman–Crippen MR) is 100 cm³/mol. The molecule has 0 saturated heterocycles. The summed E-state index contributed by atoms with van der Waals surface area (Å²) < 4.78 is 26.6. The summed E-state index contributed by atoms with van der Waals surface area (Å²) in [5, 5.41) is 13.4. The molecule has 1 aliphatic rings. The van der Waals surface area contributed by atoms with Gasteiger partial charge in [-0.05, 0) is 73.4 Å². The molecular weight excluding hydrogens is 348 g/mol. The average Bonchev–Trinajstić information content (AvgIpc) is 3.46.